The molecule has 0 amide bonds. The molecule has 0 unspecified atom stereocenters. The third kappa shape index (κ3) is 5.19. The Labute approximate surface area is 108 Å². The molecule has 0 saturated carbocycles. The van der Waals surface area contributed by atoms with Crippen LogP contribution >= 0.6 is 0 Å². The molecule has 0 aliphatic carbocycles. The second-order valence-corrected chi connectivity index (χ2v) is 4.77. The summed E-state index contributed by atoms with van der Waals surface area (Å²) in [6.07, 6.45) is 2.27. The van der Waals surface area contributed by atoms with Crippen LogP contribution < -0.4 is 5.73 Å². The zero-order valence-electron chi connectivity index (χ0n) is 11.1. The van der Waals surface area contributed by atoms with Crippen LogP contribution in [0, 0.1) is 5.92 Å². The molecule has 0 aromatic heterocycles. The summed E-state index contributed by atoms with van der Waals surface area (Å²) in [7, 11) is 0. The fourth-order valence-electron chi connectivity index (χ4n) is 1.66. The molecule has 0 spiro atoms. The molecule has 0 radical (unpaired) electrons. The lowest BCUT2D eigenvalue weighted by Crippen LogP contribution is -2.13. The van der Waals surface area contributed by atoms with Gasteiger partial charge in [-0.05, 0) is 30.4 Å². The minimum Gasteiger partial charge on any atom is -0.409 e. The van der Waals surface area contributed by atoms with Crippen LogP contribution in [0.1, 0.15) is 37.8 Å². The Balaban J connectivity index is 2.39. The topological polar surface area (TPSA) is 67.8 Å². The molecule has 0 heterocycles. The van der Waals surface area contributed by atoms with Crippen molar-refractivity contribution in [2.45, 2.75) is 33.3 Å². The van der Waals surface area contributed by atoms with Crippen molar-refractivity contribution in [2.24, 2.45) is 16.8 Å². The van der Waals surface area contributed by atoms with E-state index in [0.717, 1.165) is 24.5 Å². The van der Waals surface area contributed by atoms with Crippen molar-refractivity contribution in [1.29, 1.82) is 0 Å². The van der Waals surface area contributed by atoms with Gasteiger partial charge in [-0.3, -0.25) is 0 Å². The molecule has 100 valence electrons. The fourth-order valence-corrected chi connectivity index (χ4v) is 1.66. The molecule has 0 aliphatic rings. The van der Waals surface area contributed by atoms with E-state index in [4.69, 9.17) is 15.7 Å². The van der Waals surface area contributed by atoms with Gasteiger partial charge in [-0.15, -0.1) is 0 Å². The van der Waals surface area contributed by atoms with E-state index in [9.17, 15) is 0 Å². The third-order valence-corrected chi connectivity index (χ3v) is 2.67. The molecule has 18 heavy (non-hydrogen) atoms. The normalized spacial score (nSPS) is 12.1. The molecule has 4 heteroatoms. The highest BCUT2D eigenvalue weighted by Gasteiger charge is 2.01. The maximum absolute atomic E-state index is 8.61. The third-order valence-electron chi connectivity index (χ3n) is 2.67. The van der Waals surface area contributed by atoms with Gasteiger partial charge in [0, 0.05) is 12.2 Å². The summed E-state index contributed by atoms with van der Waals surface area (Å²) in [5.41, 5.74) is 7.27. The number of hydrogen-bond acceptors (Lipinski definition) is 3. The van der Waals surface area contributed by atoms with Gasteiger partial charge in [-0.2, -0.15) is 0 Å². The largest absolute Gasteiger partial charge is 0.409 e. The summed E-state index contributed by atoms with van der Waals surface area (Å²) in [5.74, 6) is 0.842. The lowest BCUT2D eigenvalue weighted by molar-refractivity contribution is 0.115. The Bertz CT molecular complexity index is 389. The maximum atomic E-state index is 8.61. The van der Waals surface area contributed by atoms with Gasteiger partial charge in [-0.1, -0.05) is 37.2 Å². The van der Waals surface area contributed by atoms with Gasteiger partial charge in [0.25, 0.3) is 0 Å². The summed E-state index contributed by atoms with van der Waals surface area (Å²) in [6, 6.07) is 7.52. The van der Waals surface area contributed by atoms with Gasteiger partial charge < -0.3 is 15.7 Å². The molecule has 1 aromatic rings. The minimum absolute atomic E-state index is 0.122. The molecular weight excluding hydrogens is 228 g/mol. The summed E-state index contributed by atoms with van der Waals surface area (Å²) in [6.45, 7) is 5.75. The van der Waals surface area contributed by atoms with Crippen LogP contribution in [-0.4, -0.2) is 17.6 Å². The average Bonchev–Trinajstić information content (AvgIpc) is 2.37. The van der Waals surface area contributed by atoms with Crippen LogP contribution in [0.25, 0.3) is 0 Å². The van der Waals surface area contributed by atoms with Crippen LogP contribution in [-0.2, 0) is 11.3 Å². The van der Waals surface area contributed by atoms with Crippen molar-refractivity contribution in [1.82, 2.24) is 0 Å². The van der Waals surface area contributed by atoms with Crippen LogP contribution in [0.2, 0.25) is 0 Å². The first-order chi connectivity index (χ1) is 8.63. The Morgan fingerprint density at radius 1 is 1.44 bits per heavy atom. The number of nitrogens with zero attached hydrogens (tertiary/aromatic N) is 1. The van der Waals surface area contributed by atoms with Crippen molar-refractivity contribution in [2.75, 3.05) is 6.61 Å². The van der Waals surface area contributed by atoms with Crippen LogP contribution in [0.5, 0.6) is 0 Å². The van der Waals surface area contributed by atoms with E-state index < -0.39 is 0 Å². The molecule has 1 rings (SSSR count). The van der Waals surface area contributed by atoms with Crippen molar-refractivity contribution in [3.05, 3.63) is 35.4 Å². The van der Waals surface area contributed by atoms with Gasteiger partial charge in [-0.25, -0.2) is 0 Å². The highest BCUT2D eigenvalue weighted by molar-refractivity contribution is 5.97. The van der Waals surface area contributed by atoms with E-state index in [1.807, 2.05) is 18.2 Å². The van der Waals surface area contributed by atoms with E-state index in [2.05, 4.69) is 19.0 Å². The summed E-state index contributed by atoms with van der Waals surface area (Å²) in [5, 5.41) is 11.6. The van der Waals surface area contributed by atoms with Crippen LogP contribution in [0.3, 0.4) is 0 Å². The van der Waals surface area contributed by atoms with E-state index in [-0.39, 0.29) is 5.84 Å². The van der Waals surface area contributed by atoms with Gasteiger partial charge in [0.2, 0.25) is 0 Å². The van der Waals surface area contributed by atoms with Gasteiger partial charge >= 0.3 is 0 Å². The summed E-state index contributed by atoms with van der Waals surface area (Å²) < 4.78 is 5.60. The molecule has 1 aromatic carbocycles. The van der Waals surface area contributed by atoms with Gasteiger partial charge in [0.1, 0.15) is 0 Å². The van der Waals surface area contributed by atoms with Crippen LogP contribution in [0.15, 0.2) is 29.4 Å². The Hall–Kier alpha value is -1.55. The van der Waals surface area contributed by atoms with Crippen molar-refractivity contribution in [3.63, 3.8) is 0 Å². The number of ether oxygens (including phenoxy) is 1. The Kier molecular flexibility index (Phi) is 6.22. The van der Waals surface area contributed by atoms with E-state index in [1.165, 1.54) is 6.42 Å². The average molecular weight is 250 g/mol. The predicted molar refractivity (Wildman–Crippen MR) is 72.7 cm³/mol. The molecule has 0 aliphatic heterocycles. The Morgan fingerprint density at radius 2 is 2.22 bits per heavy atom. The number of hydrogen-bond donors (Lipinski definition) is 2. The van der Waals surface area contributed by atoms with E-state index >= 15 is 0 Å². The first kappa shape index (κ1) is 14.5. The van der Waals surface area contributed by atoms with Crippen molar-refractivity contribution < 1.29 is 9.94 Å². The second-order valence-electron chi connectivity index (χ2n) is 4.77. The molecule has 0 saturated heterocycles. The van der Waals surface area contributed by atoms with Gasteiger partial charge in [0.15, 0.2) is 5.84 Å². The SMILES string of the molecule is CC(C)CCCOCc1cccc(/C(N)=N/O)c1. The first-order valence-electron chi connectivity index (χ1n) is 6.28. The molecule has 4 nitrogen and oxygen atoms in total. The standard InChI is InChI=1S/C14H22N2O2/c1-11(2)5-4-8-18-10-12-6-3-7-13(9-12)14(15)16-17/h3,6-7,9,11,17H,4-5,8,10H2,1-2H3,(H2,15,16). The molecule has 0 atom stereocenters. The number of nitrogens with two attached hydrogens (primary N) is 1. The lowest BCUT2D eigenvalue weighted by Gasteiger charge is -2.07. The highest BCUT2D eigenvalue weighted by Crippen LogP contribution is 2.08. The number of benzene rings is 1. The van der Waals surface area contributed by atoms with E-state index in [1.54, 1.807) is 6.07 Å². The van der Waals surface area contributed by atoms with Gasteiger partial charge in [0.05, 0.1) is 6.61 Å². The minimum atomic E-state index is 0.122. The molecule has 0 fully saturated rings. The maximum Gasteiger partial charge on any atom is 0.170 e. The smallest absolute Gasteiger partial charge is 0.170 e. The monoisotopic (exact) mass is 250 g/mol. The lowest BCUT2D eigenvalue weighted by atomic mass is 10.1. The first-order valence-corrected chi connectivity index (χ1v) is 6.28. The van der Waals surface area contributed by atoms with Crippen LogP contribution in [0.4, 0.5) is 0 Å². The van der Waals surface area contributed by atoms with Crippen molar-refractivity contribution in [3.8, 4) is 0 Å². The summed E-state index contributed by atoms with van der Waals surface area (Å²) >= 11 is 0. The zero-order valence-corrected chi connectivity index (χ0v) is 11.1. The fraction of sp³-hybridized carbons (Fsp3) is 0.500. The number of oxime groups is 1. The molecule has 0 bridgehead atoms. The Morgan fingerprint density at radius 3 is 2.89 bits per heavy atom. The molecular formula is C14H22N2O2. The number of rotatable bonds is 7. The summed E-state index contributed by atoms with van der Waals surface area (Å²) in [4.78, 5) is 0. The number of amidine groups is 1. The highest BCUT2D eigenvalue weighted by atomic mass is 16.5. The molecule has 3 N–H and O–H groups in total. The predicted octanol–water partition coefficient (Wildman–Crippen LogP) is 2.73. The quantitative estimate of drug-likeness (QED) is 0.257. The van der Waals surface area contributed by atoms with Crippen molar-refractivity contribution >= 4 is 5.84 Å². The van der Waals surface area contributed by atoms with E-state index in [0.29, 0.717) is 12.2 Å². The second kappa shape index (κ2) is 7.71. The zero-order chi connectivity index (χ0) is 13.4.